The summed E-state index contributed by atoms with van der Waals surface area (Å²) in [7, 11) is 0. The molecule has 2 aromatic heterocycles. The van der Waals surface area contributed by atoms with Crippen LogP contribution >= 0.6 is 0 Å². The molecular formula is C40H56N8O2. The molecule has 0 bridgehead atoms. The monoisotopic (exact) mass is 680 g/mol. The fourth-order valence-electron chi connectivity index (χ4n) is 6.87. The first-order valence-electron chi connectivity index (χ1n) is 17.9. The molecule has 268 valence electrons. The number of H-pyrrole nitrogens is 2. The quantitative estimate of drug-likeness (QED) is 0.117. The van der Waals surface area contributed by atoms with Gasteiger partial charge in [-0.2, -0.15) is 0 Å². The molecule has 0 aliphatic heterocycles. The Kier molecular flexibility index (Phi) is 10.7. The molecule has 2 heterocycles. The molecule has 2 aliphatic rings. The van der Waals surface area contributed by atoms with Gasteiger partial charge in [0, 0.05) is 6.42 Å². The van der Waals surface area contributed by atoms with Crippen LogP contribution in [0, 0.1) is 10.8 Å². The highest BCUT2D eigenvalue weighted by Crippen LogP contribution is 2.35. The van der Waals surface area contributed by atoms with E-state index in [1.54, 1.807) is 0 Å². The molecule has 0 radical (unpaired) electrons. The maximum absolute atomic E-state index is 13.1. The third-order valence-electron chi connectivity index (χ3n) is 10.00. The summed E-state index contributed by atoms with van der Waals surface area (Å²) in [5, 5.41) is 3.21. The van der Waals surface area contributed by atoms with E-state index in [2.05, 4.69) is 115 Å². The van der Waals surface area contributed by atoms with Gasteiger partial charge in [0.2, 0.25) is 11.8 Å². The maximum atomic E-state index is 13.1. The summed E-state index contributed by atoms with van der Waals surface area (Å²) in [5.41, 5.74) is 22.1. The van der Waals surface area contributed by atoms with Gasteiger partial charge in [0.05, 0.1) is 40.9 Å². The molecule has 10 heteroatoms. The summed E-state index contributed by atoms with van der Waals surface area (Å²) < 4.78 is 0. The van der Waals surface area contributed by atoms with Crippen molar-refractivity contribution in [2.75, 3.05) is 0 Å². The first kappa shape index (κ1) is 37.0. The van der Waals surface area contributed by atoms with Crippen molar-refractivity contribution in [2.24, 2.45) is 28.0 Å². The van der Waals surface area contributed by atoms with Crippen molar-refractivity contribution in [3.05, 3.63) is 72.6 Å². The number of benzene rings is 2. The summed E-state index contributed by atoms with van der Waals surface area (Å²) in [6.07, 6.45) is 11.7. The van der Waals surface area contributed by atoms with Crippen LogP contribution < -0.4 is 22.5 Å². The van der Waals surface area contributed by atoms with Gasteiger partial charge >= 0.3 is 0 Å². The molecule has 2 aromatic carbocycles. The van der Waals surface area contributed by atoms with Gasteiger partial charge in [-0.3, -0.25) is 9.59 Å². The van der Waals surface area contributed by atoms with Crippen LogP contribution in [0.3, 0.4) is 0 Å². The number of aromatic amines is 2. The molecule has 2 saturated carbocycles. The van der Waals surface area contributed by atoms with Crippen molar-refractivity contribution in [3.63, 3.8) is 0 Å². The summed E-state index contributed by atoms with van der Waals surface area (Å²) >= 11 is 0. The number of nitrogens with one attached hydrogen (secondary N) is 3. The number of imidazole rings is 2. The average Bonchev–Trinajstić information content (AvgIpc) is 3.88. The van der Waals surface area contributed by atoms with E-state index in [4.69, 9.17) is 17.2 Å². The van der Waals surface area contributed by atoms with Crippen molar-refractivity contribution in [3.8, 4) is 33.6 Å². The van der Waals surface area contributed by atoms with Gasteiger partial charge in [-0.05, 0) is 58.8 Å². The zero-order valence-electron chi connectivity index (χ0n) is 30.7. The molecule has 1 unspecified atom stereocenters. The molecule has 2 fully saturated rings. The van der Waals surface area contributed by atoms with Gasteiger partial charge in [0.1, 0.15) is 11.6 Å². The average molecular weight is 681 g/mol. The second kappa shape index (κ2) is 14.5. The molecule has 6 rings (SSSR count). The lowest BCUT2D eigenvalue weighted by Crippen LogP contribution is -2.54. The molecule has 50 heavy (non-hydrogen) atoms. The number of primary amides is 1. The molecule has 2 amide bonds. The molecule has 0 spiro atoms. The topological polar surface area (TPSA) is 182 Å². The van der Waals surface area contributed by atoms with E-state index in [0.29, 0.717) is 0 Å². The van der Waals surface area contributed by atoms with Crippen LogP contribution in [0.15, 0.2) is 60.9 Å². The van der Waals surface area contributed by atoms with Crippen LogP contribution in [-0.4, -0.2) is 42.8 Å². The number of carbonyl (C=O) groups is 2. The van der Waals surface area contributed by atoms with Gasteiger partial charge in [-0.1, -0.05) is 116 Å². The Bertz CT molecular complexity index is 1740. The third-order valence-corrected chi connectivity index (χ3v) is 10.00. The van der Waals surface area contributed by atoms with Crippen LogP contribution in [0.25, 0.3) is 33.6 Å². The van der Waals surface area contributed by atoms with Crippen LogP contribution in [-0.2, 0) is 16.0 Å². The highest BCUT2D eigenvalue weighted by atomic mass is 16.2. The van der Waals surface area contributed by atoms with Gasteiger partial charge in [-0.25, -0.2) is 9.97 Å². The van der Waals surface area contributed by atoms with Crippen LogP contribution in [0.4, 0.5) is 0 Å². The molecule has 1 atom stereocenters. The van der Waals surface area contributed by atoms with E-state index in [9.17, 15) is 9.59 Å². The number of amides is 2. The standard InChI is InChI=1S/C34H44N6O.C6H12N2O/c1-32(2,3)19-28-36-20-26(38-28)24-13-9-22(10-14-24)23-11-15-25(16-12-23)27-21-37-30(39-27)29(33(4,5)6)40-31(41)34(35)17-7-8-18-34;7-5(9)6(8)3-1-2-4-6/h9-16,20-21,29H,7-8,17-19,35H2,1-6H3,(H,36,38)(H,37,39)(H,40,41);1-4,8H2,(H2,7,9). The minimum atomic E-state index is -0.777. The minimum absolute atomic E-state index is 0.0823. The Morgan fingerprint density at radius 3 is 1.60 bits per heavy atom. The Balaban J connectivity index is 0.000000470. The molecule has 2 aliphatic carbocycles. The molecule has 0 saturated heterocycles. The summed E-state index contributed by atoms with van der Waals surface area (Å²) in [5.74, 6) is 1.33. The van der Waals surface area contributed by atoms with Crippen LogP contribution in [0.2, 0.25) is 0 Å². The van der Waals surface area contributed by atoms with E-state index in [-0.39, 0.29) is 28.7 Å². The SMILES string of the molecule is CC(C)(C)Cc1ncc(-c2ccc(-c3ccc(-c4cnc(C(NC(=O)C5(N)CCCC5)C(C)(C)C)[nH]4)cc3)cc2)[nH]1.NC(=O)C1(N)CCCC1. The Morgan fingerprint density at radius 1 is 0.720 bits per heavy atom. The fraction of sp³-hybridized carbons (Fsp3) is 0.500. The third kappa shape index (κ3) is 8.89. The first-order chi connectivity index (χ1) is 23.5. The van der Waals surface area contributed by atoms with Gasteiger partial charge in [0.25, 0.3) is 0 Å². The van der Waals surface area contributed by atoms with E-state index < -0.39 is 11.1 Å². The Hall–Kier alpha value is -4.28. The predicted molar refractivity (Wildman–Crippen MR) is 201 cm³/mol. The summed E-state index contributed by atoms with van der Waals surface area (Å²) in [6.45, 7) is 13.0. The highest BCUT2D eigenvalue weighted by Gasteiger charge is 2.40. The smallest absolute Gasteiger partial charge is 0.240 e. The van der Waals surface area contributed by atoms with E-state index >= 15 is 0 Å². The molecule has 10 nitrogen and oxygen atoms in total. The normalized spacial score (nSPS) is 17.5. The van der Waals surface area contributed by atoms with E-state index in [0.717, 1.165) is 103 Å². The first-order valence-corrected chi connectivity index (χ1v) is 17.9. The molecule has 4 aromatic rings. The molecular weight excluding hydrogens is 624 g/mol. The van der Waals surface area contributed by atoms with Crippen LogP contribution in [0.5, 0.6) is 0 Å². The number of hydrogen-bond donors (Lipinski definition) is 6. The number of nitrogens with two attached hydrogens (primary N) is 3. The Morgan fingerprint density at radius 2 is 1.16 bits per heavy atom. The lowest BCUT2D eigenvalue weighted by atomic mass is 9.85. The second-order valence-corrected chi connectivity index (χ2v) is 16.7. The summed E-state index contributed by atoms with van der Waals surface area (Å²) in [4.78, 5) is 39.9. The van der Waals surface area contributed by atoms with Crippen molar-refractivity contribution in [1.82, 2.24) is 25.3 Å². The largest absolute Gasteiger partial charge is 0.368 e. The zero-order chi connectivity index (χ0) is 36.3. The van der Waals surface area contributed by atoms with E-state index in [1.807, 2.05) is 12.4 Å². The maximum Gasteiger partial charge on any atom is 0.240 e. The van der Waals surface area contributed by atoms with Crippen molar-refractivity contribution < 1.29 is 9.59 Å². The van der Waals surface area contributed by atoms with Gasteiger partial charge < -0.3 is 32.5 Å². The number of rotatable bonds is 8. The van der Waals surface area contributed by atoms with Gasteiger partial charge in [-0.15, -0.1) is 0 Å². The number of nitrogens with zero attached hydrogens (tertiary/aromatic N) is 2. The van der Waals surface area contributed by atoms with Crippen LogP contribution in [0.1, 0.15) is 111 Å². The van der Waals surface area contributed by atoms with Crippen molar-refractivity contribution >= 4 is 11.8 Å². The van der Waals surface area contributed by atoms with E-state index in [1.165, 1.54) is 0 Å². The highest BCUT2D eigenvalue weighted by molar-refractivity contribution is 5.87. The lowest BCUT2D eigenvalue weighted by Gasteiger charge is -2.33. The number of hydrogen-bond acceptors (Lipinski definition) is 6. The minimum Gasteiger partial charge on any atom is -0.368 e. The molecule has 9 N–H and O–H groups in total. The zero-order valence-corrected chi connectivity index (χ0v) is 30.7. The number of carbonyl (C=O) groups excluding carboxylic acids is 2. The van der Waals surface area contributed by atoms with Crippen molar-refractivity contribution in [1.29, 1.82) is 0 Å². The predicted octanol–water partition coefficient (Wildman–Crippen LogP) is 6.94. The Labute approximate surface area is 296 Å². The second-order valence-electron chi connectivity index (χ2n) is 16.7. The number of aromatic nitrogens is 4. The summed E-state index contributed by atoms with van der Waals surface area (Å²) in [6, 6.07) is 16.8. The lowest BCUT2D eigenvalue weighted by molar-refractivity contribution is -0.128. The van der Waals surface area contributed by atoms with Crippen molar-refractivity contribution in [2.45, 2.75) is 116 Å². The van der Waals surface area contributed by atoms with Gasteiger partial charge in [0.15, 0.2) is 0 Å². The fourth-order valence-corrected chi connectivity index (χ4v) is 6.87.